The Labute approximate surface area is 128 Å². The molecule has 1 aliphatic rings. The maximum atomic E-state index is 12.1. The van der Waals surface area contributed by atoms with Gasteiger partial charge in [0.15, 0.2) is 0 Å². The summed E-state index contributed by atoms with van der Waals surface area (Å²) >= 11 is 0. The van der Waals surface area contributed by atoms with Crippen molar-refractivity contribution in [2.75, 3.05) is 6.61 Å². The number of allylic oxidation sites excluding steroid dienone is 3. The molecule has 4 nitrogen and oxygen atoms in total. The summed E-state index contributed by atoms with van der Waals surface area (Å²) in [5.41, 5.74) is 0.487. The predicted molar refractivity (Wildman–Crippen MR) is 84.8 cm³/mol. The minimum Gasteiger partial charge on any atom is -0.463 e. The molecule has 0 aromatic rings. The maximum absolute atomic E-state index is 12.1. The Morgan fingerprint density at radius 2 is 1.67 bits per heavy atom. The van der Waals surface area contributed by atoms with E-state index in [-0.39, 0.29) is 5.97 Å². The van der Waals surface area contributed by atoms with Gasteiger partial charge in [-0.3, -0.25) is 0 Å². The molecular weight excluding hydrogens is 267 g/mol. The van der Waals surface area contributed by atoms with Crippen molar-refractivity contribution in [3.05, 3.63) is 23.2 Å². The summed E-state index contributed by atoms with van der Waals surface area (Å²) in [6.45, 7) is 14.0. The summed E-state index contributed by atoms with van der Waals surface area (Å²) in [6, 6.07) is 0. The number of esters is 1. The molecule has 0 aromatic heterocycles. The van der Waals surface area contributed by atoms with Crippen LogP contribution in [0.1, 0.15) is 54.9 Å². The van der Waals surface area contributed by atoms with E-state index in [1.807, 2.05) is 53.7 Å². The molecule has 0 bridgehead atoms. The van der Waals surface area contributed by atoms with E-state index in [1.54, 1.807) is 6.92 Å². The number of hydrogen-bond donors (Lipinski definition) is 0. The van der Waals surface area contributed by atoms with E-state index < -0.39 is 18.3 Å². The molecule has 0 radical (unpaired) electrons. The van der Waals surface area contributed by atoms with Crippen LogP contribution in [-0.4, -0.2) is 30.9 Å². The topological polar surface area (TPSA) is 44.8 Å². The van der Waals surface area contributed by atoms with Gasteiger partial charge in [0, 0.05) is 5.57 Å². The van der Waals surface area contributed by atoms with Crippen LogP contribution in [0, 0.1) is 0 Å². The maximum Gasteiger partial charge on any atom is 0.495 e. The summed E-state index contributed by atoms with van der Waals surface area (Å²) in [5, 5.41) is 0. The van der Waals surface area contributed by atoms with Crippen LogP contribution in [0.2, 0.25) is 0 Å². The first-order chi connectivity index (χ1) is 9.70. The minimum absolute atomic E-state index is 0.303. The second-order valence-electron chi connectivity index (χ2n) is 6.10. The number of carbonyl (C=O) groups excluding carboxylic acids is 1. The normalized spacial score (nSPS) is 21.6. The van der Waals surface area contributed by atoms with Gasteiger partial charge in [-0.25, -0.2) is 4.79 Å². The average Bonchev–Trinajstić information content (AvgIpc) is 2.58. The Morgan fingerprint density at radius 3 is 2.05 bits per heavy atom. The molecule has 21 heavy (non-hydrogen) atoms. The van der Waals surface area contributed by atoms with Gasteiger partial charge in [0.2, 0.25) is 0 Å². The lowest BCUT2D eigenvalue weighted by atomic mass is 9.74. The van der Waals surface area contributed by atoms with Crippen LogP contribution in [0.25, 0.3) is 0 Å². The third-order valence-electron chi connectivity index (χ3n) is 4.08. The third kappa shape index (κ3) is 3.77. The van der Waals surface area contributed by atoms with Crippen LogP contribution in [0.4, 0.5) is 0 Å². The van der Waals surface area contributed by atoms with Gasteiger partial charge in [0.1, 0.15) is 0 Å². The van der Waals surface area contributed by atoms with Gasteiger partial charge in [-0.2, -0.15) is 0 Å². The summed E-state index contributed by atoms with van der Waals surface area (Å²) in [6.07, 6.45) is 4.33. The standard InChI is InChI=1S/C16H27BO4/c1-8-11-13(12(9-2)14(18)19-10-3)17-20-15(4,5)16(6,7)21-17/h8,11H,9-10H2,1-7H3/b11-8-,13-12-. The molecule has 5 heteroatoms. The van der Waals surface area contributed by atoms with Crippen molar-refractivity contribution in [1.29, 1.82) is 0 Å². The zero-order chi connectivity index (χ0) is 16.3. The Kier molecular flexibility index (Phi) is 5.82. The first kappa shape index (κ1) is 18.0. The van der Waals surface area contributed by atoms with Crippen LogP contribution in [0.5, 0.6) is 0 Å². The zero-order valence-electron chi connectivity index (χ0n) is 14.3. The molecule has 0 unspecified atom stereocenters. The Bertz CT molecular complexity index is 433. The Hall–Kier alpha value is -1.07. The molecule has 0 aromatic carbocycles. The van der Waals surface area contributed by atoms with E-state index in [2.05, 4.69) is 0 Å². The SMILES string of the molecule is C/C=C\C(B1OC(C)(C)C(C)(C)O1)=C(/CC)C(=O)OCC. The molecule has 1 fully saturated rings. The van der Waals surface area contributed by atoms with Crippen LogP contribution in [-0.2, 0) is 18.8 Å². The van der Waals surface area contributed by atoms with Gasteiger partial charge >= 0.3 is 13.1 Å². The molecule has 0 aliphatic carbocycles. The van der Waals surface area contributed by atoms with Gasteiger partial charge in [0.05, 0.1) is 17.8 Å². The highest BCUT2D eigenvalue weighted by atomic mass is 16.7. The number of ether oxygens (including phenoxy) is 1. The summed E-state index contributed by atoms with van der Waals surface area (Å²) in [5.74, 6) is -0.303. The van der Waals surface area contributed by atoms with E-state index in [9.17, 15) is 4.79 Å². The fraction of sp³-hybridized carbons (Fsp3) is 0.688. The number of rotatable bonds is 5. The molecule has 118 valence electrons. The van der Waals surface area contributed by atoms with Crippen molar-refractivity contribution in [1.82, 2.24) is 0 Å². The molecule has 0 saturated carbocycles. The minimum atomic E-state index is -0.550. The highest BCUT2D eigenvalue weighted by Gasteiger charge is 2.52. The van der Waals surface area contributed by atoms with E-state index in [4.69, 9.17) is 14.0 Å². The van der Waals surface area contributed by atoms with Crippen molar-refractivity contribution in [2.24, 2.45) is 0 Å². The monoisotopic (exact) mass is 294 g/mol. The molecule has 1 saturated heterocycles. The number of hydrogen-bond acceptors (Lipinski definition) is 4. The van der Waals surface area contributed by atoms with Crippen molar-refractivity contribution < 1.29 is 18.8 Å². The van der Waals surface area contributed by atoms with E-state index in [1.165, 1.54) is 0 Å². The average molecular weight is 294 g/mol. The first-order valence-corrected chi connectivity index (χ1v) is 7.58. The second-order valence-corrected chi connectivity index (χ2v) is 6.10. The van der Waals surface area contributed by atoms with Crippen molar-refractivity contribution >= 4 is 13.1 Å². The fourth-order valence-electron chi connectivity index (χ4n) is 2.16. The Balaban J connectivity index is 3.21. The van der Waals surface area contributed by atoms with Gasteiger partial charge in [-0.15, -0.1) is 0 Å². The Morgan fingerprint density at radius 1 is 1.14 bits per heavy atom. The van der Waals surface area contributed by atoms with Gasteiger partial charge in [0.25, 0.3) is 0 Å². The third-order valence-corrected chi connectivity index (χ3v) is 4.08. The molecule has 1 heterocycles. The first-order valence-electron chi connectivity index (χ1n) is 7.58. The molecular formula is C16H27BO4. The molecule has 0 N–H and O–H groups in total. The van der Waals surface area contributed by atoms with Gasteiger partial charge in [-0.1, -0.05) is 19.1 Å². The summed E-state index contributed by atoms with van der Waals surface area (Å²) in [7, 11) is -0.550. The molecule has 0 atom stereocenters. The fourth-order valence-corrected chi connectivity index (χ4v) is 2.16. The molecule has 1 aliphatic heterocycles. The highest BCUT2D eigenvalue weighted by Crippen LogP contribution is 2.39. The summed E-state index contributed by atoms with van der Waals surface area (Å²) < 4.78 is 17.2. The van der Waals surface area contributed by atoms with E-state index >= 15 is 0 Å². The van der Waals surface area contributed by atoms with Crippen molar-refractivity contribution in [3.8, 4) is 0 Å². The van der Waals surface area contributed by atoms with Gasteiger partial charge in [-0.05, 0) is 53.4 Å². The van der Waals surface area contributed by atoms with Crippen LogP contribution < -0.4 is 0 Å². The van der Waals surface area contributed by atoms with Gasteiger partial charge < -0.3 is 14.0 Å². The molecule has 1 rings (SSSR count). The van der Waals surface area contributed by atoms with Crippen LogP contribution in [0.3, 0.4) is 0 Å². The smallest absolute Gasteiger partial charge is 0.463 e. The number of carbonyl (C=O) groups is 1. The lowest BCUT2D eigenvalue weighted by molar-refractivity contribution is -0.138. The quantitative estimate of drug-likeness (QED) is 0.337. The largest absolute Gasteiger partial charge is 0.495 e. The highest BCUT2D eigenvalue weighted by molar-refractivity contribution is 6.56. The van der Waals surface area contributed by atoms with Crippen molar-refractivity contribution in [3.63, 3.8) is 0 Å². The molecule has 0 spiro atoms. The molecule has 0 amide bonds. The predicted octanol–water partition coefficient (Wildman–Crippen LogP) is 3.46. The lowest BCUT2D eigenvalue weighted by Crippen LogP contribution is -2.41. The zero-order valence-corrected chi connectivity index (χ0v) is 14.3. The van der Waals surface area contributed by atoms with Crippen molar-refractivity contribution in [2.45, 2.75) is 66.1 Å². The van der Waals surface area contributed by atoms with E-state index in [0.29, 0.717) is 18.6 Å². The van der Waals surface area contributed by atoms with Crippen LogP contribution >= 0.6 is 0 Å². The van der Waals surface area contributed by atoms with E-state index in [0.717, 1.165) is 5.47 Å². The summed E-state index contributed by atoms with van der Waals surface area (Å²) in [4.78, 5) is 12.1. The van der Waals surface area contributed by atoms with Crippen LogP contribution in [0.15, 0.2) is 23.2 Å². The second kappa shape index (κ2) is 6.80. The lowest BCUT2D eigenvalue weighted by Gasteiger charge is -2.32.